The second-order valence-electron chi connectivity index (χ2n) is 5.18. The Balaban J connectivity index is 2.11. The molecule has 0 radical (unpaired) electrons. The van der Waals surface area contributed by atoms with Crippen LogP contribution in [-0.2, 0) is 13.9 Å². The lowest BCUT2D eigenvalue weighted by Gasteiger charge is -2.41. The molecule has 2 saturated heterocycles. The van der Waals surface area contributed by atoms with E-state index in [2.05, 4.69) is 20.8 Å². The van der Waals surface area contributed by atoms with E-state index in [1.54, 1.807) is 0 Å². The van der Waals surface area contributed by atoms with Gasteiger partial charge in [-0.15, -0.1) is 0 Å². The Labute approximate surface area is 109 Å². The Morgan fingerprint density at radius 3 is 2.28 bits per heavy atom. The van der Waals surface area contributed by atoms with Gasteiger partial charge in [-0.3, -0.25) is 0 Å². The molecular weight excluding hydrogens is 252 g/mol. The quantitative estimate of drug-likeness (QED) is 0.729. The first-order valence-corrected chi connectivity index (χ1v) is 9.41. The minimum atomic E-state index is -1.82. The number of rotatable bonds is 5. The summed E-state index contributed by atoms with van der Waals surface area (Å²) >= 11 is 0. The van der Waals surface area contributed by atoms with Crippen molar-refractivity contribution in [3.63, 3.8) is 0 Å². The molecule has 5 atom stereocenters. The zero-order valence-corrected chi connectivity index (χ0v) is 12.3. The molecule has 0 unspecified atom stereocenters. The summed E-state index contributed by atoms with van der Waals surface area (Å²) in [6, 6.07) is 3.03. The van der Waals surface area contributed by atoms with Gasteiger partial charge in [-0.05, 0) is 18.1 Å². The summed E-state index contributed by atoms with van der Waals surface area (Å²) in [5, 5.41) is 20.0. The van der Waals surface area contributed by atoms with Gasteiger partial charge in [-0.25, -0.2) is 0 Å². The largest absolute Gasteiger partial charge is 0.408 e. The van der Waals surface area contributed by atoms with Gasteiger partial charge in [0, 0.05) is 0 Å². The Hall–Kier alpha value is 0.0169. The van der Waals surface area contributed by atoms with E-state index in [4.69, 9.17) is 13.9 Å². The van der Waals surface area contributed by atoms with Crippen LogP contribution in [0.1, 0.15) is 20.8 Å². The molecule has 106 valence electrons. The van der Waals surface area contributed by atoms with Crippen LogP contribution >= 0.6 is 0 Å². The van der Waals surface area contributed by atoms with E-state index in [-0.39, 0.29) is 6.10 Å². The van der Waals surface area contributed by atoms with Crippen LogP contribution < -0.4 is 0 Å². The van der Waals surface area contributed by atoms with Gasteiger partial charge >= 0.3 is 0 Å². The standard InChI is InChI=1S/C12H24O5Si/c1-4-18(5-2,6-3)17-11-8-7-15-12(16-8)10(14)9(11)13/h8-14H,4-7H2,1-3H3/t8-,9-,10-,11+,12-/m1/s1. The summed E-state index contributed by atoms with van der Waals surface area (Å²) in [5.74, 6) is 0. The highest BCUT2D eigenvalue weighted by Crippen LogP contribution is 2.34. The predicted octanol–water partition coefficient (Wildman–Crippen LogP) is 0.854. The van der Waals surface area contributed by atoms with E-state index in [0.717, 1.165) is 18.1 Å². The summed E-state index contributed by atoms with van der Waals surface area (Å²) in [6.45, 7) is 6.81. The minimum absolute atomic E-state index is 0.245. The monoisotopic (exact) mass is 276 g/mol. The molecule has 0 spiro atoms. The van der Waals surface area contributed by atoms with Crippen LogP contribution in [0.5, 0.6) is 0 Å². The molecule has 6 heteroatoms. The third kappa shape index (κ3) is 2.37. The average molecular weight is 276 g/mol. The summed E-state index contributed by atoms with van der Waals surface area (Å²) in [6.07, 6.45) is -3.31. The van der Waals surface area contributed by atoms with Crippen LogP contribution in [0.2, 0.25) is 18.1 Å². The lowest BCUT2D eigenvalue weighted by atomic mass is 10.0. The number of hydrogen-bond donors (Lipinski definition) is 2. The highest BCUT2D eigenvalue weighted by atomic mass is 28.4. The molecule has 2 bridgehead atoms. The molecule has 2 aliphatic heterocycles. The van der Waals surface area contributed by atoms with Crippen LogP contribution in [0, 0.1) is 0 Å². The lowest BCUT2D eigenvalue weighted by Crippen LogP contribution is -2.58. The number of fused-ring (bicyclic) bond motifs is 2. The third-order valence-electron chi connectivity index (χ3n) is 4.38. The summed E-state index contributed by atoms with van der Waals surface area (Å²) < 4.78 is 17.1. The van der Waals surface area contributed by atoms with Crippen molar-refractivity contribution in [1.29, 1.82) is 0 Å². The van der Waals surface area contributed by atoms with Crippen molar-refractivity contribution < 1.29 is 24.1 Å². The molecule has 2 aliphatic rings. The molecule has 2 rings (SSSR count). The van der Waals surface area contributed by atoms with Crippen LogP contribution in [-0.4, -0.2) is 55.8 Å². The van der Waals surface area contributed by atoms with Crippen molar-refractivity contribution in [3.05, 3.63) is 0 Å². The van der Waals surface area contributed by atoms with Crippen molar-refractivity contribution in [2.24, 2.45) is 0 Å². The Morgan fingerprint density at radius 2 is 1.72 bits per heavy atom. The molecule has 0 aromatic carbocycles. The van der Waals surface area contributed by atoms with Crippen molar-refractivity contribution in [2.75, 3.05) is 6.61 Å². The molecule has 0 saturated carbocycles. The van der Waals surface area contributed by atoms with Gasteiger partial charge in [0.05, 0.1) is 6.61 Å². The van der Waals surface area contributed by atoms with Crippen LogP contribution in [0.4, 0.5) is 0 Å². The maximum absolute atomic E-state index is 10.2. The first-order chi connectivity index (χ1) is 8.56. The van der Waals surface area contributed by atoms with Crippen molar-refractivity contribution in [1.82, 2.24) is 0 Å². The highest BCUT2D eigenvalue weighted by molar-refractivity contribution is 6.73. The fourth-order valence-electron chi connectivity index (χ4n) is 2.80. The normalized spacial score (nSPS) is 40.2. The van der Waals surface area contributed by atoms with E-state index in [0.29, 0.717) is 6.61 Å². The molecule has 0 aromatic heterocycles. The second kappa shape index (κ2) is 5.56. The number of ether oxygens (including phenoxy) is 2. The third-order valence-corrected chi connectivity index (χ3v) is 9.02. The molecule has 0 amide bonds. The van der Waals surface area contributed by atoms with Gasteiger partial charge in [0.2, 0.25) is 0 Å². The molecule has 2 fully saturated rings. The SMILES string of the molecule is CC[Si](CC)(CC)O[C@@H]1[C@H](O)[C@@H](O)[C@@H]2OC[C@H]1O2. The minimum Gasteiger partial charge on any atom is -0.408 e. The zero-order valence-electron chi connectivity index (χ0n) is 11.3. The number of aliphatic hydroxyl groups excluding tert-OH is 2. The Kier molecular flexibility index (Phi) is 4.46. The van der Waals surface area contributed by atoms with E-state index < -0.39 is 32.9 Å². The maximum atomic E-state index is 10.2. The first kappa shape index (κ1) is 14.4. The van der Waals surface area contributed by atoms with Crippen molar-refractivity contribution >= 4 is 8.32 Å². The molecule has 18 heavy (non-hydrogen) atoms. The van der Waals surface area contributed by atoms with Gasteiger partial charge < -0.3 is 24.1 Å². The van der Waals surface area contributed by atoms with Crippen molar-refractivity contribution in [2.45, 2.75) is 69.6 Å². The van der Waals surface area contributed by atoms with E-state index >= 15 is 0 Å². The maximum Gasteiger partial charge on any atom is 0.192 e. The fourth-order valence-corrected chi connectivity index (χ4v) is 5.67. The first-order valence-electron chi connectivity index (χ1n) is 6.88. The number of aliphatic hydroxyl groups is 2. The Morgan fingerprint density at radius 1 is 1.11 bits per heavy atom. The van der Waals surface area contributed by atoms with Crippen LogP contribution in [0.15, 0.2) is 0 Å². The van der Waals surface area contributed by atoms with Crippen LogP contribution in [0.25, 0.3) is 0 Å². The van der Waals surface area contributed by atoms with Crippen molar-refractivity contribution in [3.8, 4) is 0 Å². The van der Waals surface area contributed by atoms with E-state index in [1.165, 1.54) is 0 Å². The zero-order chi connectivity index (χ0) is 13.3. The average Bonchev–Trinajstić information content (AvgIpc) is 2.85. The Bertz CT molecular complexity index is 275. The molecular formula is C12H24O5Si. The summed E-state index contributed by atoms with van der Waals surface area (Å²) in [5.41, 5.74) is 0. The van der Waals surface area contributed by atoms with E-state index in [9.17, 15) is 10.2 Å². The highest BCUT2D eigenvalue weighted by Gasteiger charge is 2.52. The molecule has 0 aromatic rings. The predicted molar refractivity (Wildman–Crippen MR) is 68.7 cm³/mol. The van der Waals surface area contributed by atoms with Crippen LogP contribution in [0.3, 0.4) is 0 Å². The number of hydrogen-bond acceptors (Lipinski definition) is 5. The summed E-state index contributed by atoms with van der Waals surface area (Å²) in [4.78, 5) is 0. The molecule has 0 aliphatic carbocycles. The van der Waals surface area contributed by atoms with Gasteiger partial charge in [0.25, 0.3) is 0 Å². The lowest BCUT2D eigenvalue weighted by molar-refractivity contribution is -0.225. The van der Waals surface area contributed by atoms with Gasteiger partial charge in [0.15, 0.2) is 14.6 Å². The second-order valence-corrected chi connectivity index (χ2v) is 9.91. The molecule has 2 N–H and O–H groups in total. The van der Waals surface area contributed by atoms with Gasteiger partial charge in [0.1, 0.15) is 24.4 Å². The fraction of sp³-hybridized carbons (Fsp3) is 1.00. The molecule has 5 nitrogen and oxygen atoms in total. The topological polar surface area (TPSA) is 68.2 Å². The van der Waals surface area contributed by atoms with E-state index in [1.807, 2.05) is 0 Å². The van der Waals surface area contributed by atoms with Gasteiger partial charge in [-0.2, -0.15) is 0 Å². The molecule has 2 heterocycles. The van der Waals surface area contributed by atoms with Gasteiger partial charge in [-0.1, -0.05) is 20.8 Å². The summed E-state index contributed by atoms with van der Waals surface area (Å²) in [7, 11) is -1.82. The smallest absolute Gasteiger partial charge is 0.192 e.